The number of nitrogens with one attached hydrogen (secondary N) is 1. The molecule has 1 saturated carbocycles. The molecule has 92 valence electrons. The van der Waals surface area contributed by atoms with Gasteiger partial charge in [0.05, 0.1) is 16.9 Å². The van der Waals surface area contributed by atoms with Gasteiger partial charge in [-0.1, -0.05) is 31.4 Å². The first-order chi connectivity index (χ1) is 8.23. The molecular weight excluding hydrogens is 208 g/mol. The van der Waals surface area contributed by atoms with E-state index in [0.29, 0.717) is 5.54 Å². The quantitative estimate of drug-likeness (QED) is 0.733. The Morgan fingerprint density at radius 2 is 1.94 bits per heavy atom. The van der Waals surface area contributed by atoms with Crippen LogP contribution in [0.15, 0.2) is 18.2 Å². The molecule has 0 unspecified atom stereocenters. The van der Waals surface area contributed by atoms with Crippen LogP contribution in [-0.2, 0) is 0 Å². The second kappa shape index (κ2) is 3.94. The molecule has 2 aliphatic rings. The average Bonchev–Trinajstić information content (AvgIpc) is 2.36. The molecule has 1 aliphatic heterocycles. The van der Waals surface area contributed by atoms with Crippen LogP contribution in [0.4, 0.5) is 11.4 Å². The summed E-state index contributed by atoms with van der Waals surface area (Å²) in [4.78, 5) is 2.55. The lowest BCUT2D eigenvalue weighted by Crippen LogP contribution is -2.55. The van der Waals surface area contributed by atoms with Crippen LogP contribution in [0.3, 0.4) is 0 Å². The van der Waals surface area contributed by atoms with Crippen LogP contribution in [0.2, 0.25) is 0 Å². The lowest BCUT2D eigenvalue weighted by atomic mass is 9.78. The molecular formula is C15H22N2. The molecule has 0 atom stereocenters. The lowest BCUT2D eigenvalue weighted by molar-refractivity contribution is 0.294. The van der Waals surface area contributed by atoms with E-state index in [1.54, 1.807) is 0 Å². The minimum absolute atomic E-state index is 0.374. The van der Waals surface area contributed by atoms with Gasteiger partial charge in [-0.25, -0.2) is 0 Å². The van der Waals surface area contributed by atoms with Crippen LogP contribution < -0.4 is 10.2 Å². The second-order valence-electron chi connectivity index (χ2n) is 5.67. The van der Waals surface area contributed by atoms with Crippen molar-refractivity contribution in [3.63, 3.8) is 0 Å². The van der Waals surface area contributed by atoms with Gasteiger partial charge >= 0.3 is 0 Å². The summed E-state index contributed by atoms with van der Waals surface area (Å²) in [7, 11) is 2.28. The van der Waals surface area contributed by atoms with Gasteiger partial charge in [0.25, 0.3) is 0 Å². The van der Waals surface area contributed by atoms with E-state index in [2.05, 4.69) is 42.4 Å². The number of benzene rings is 1. The molecule has 3 rings (SSSR count). The molecule has 0 aromatic heterocycles. The molecule has 2 nitrogen and oxygen atoms in total. The van der Waals surface area contributed by atoms with Gasteiger partial charge in [0.2, 0.25) is 0 Å². The number of aryl methyl sites for hydroxylation is 1. The third-order valence-corrected chi connectivity index (χ3v) is 4.70. The normalized spacial score (nSPS) is 22.1. The van der Waals surface area contributed by atoms with Crippen LogP contribution in [0.5, 0.6) is 0 Å². The van der Waals surface area contributed by atoms with Gasteiger partial charge in [-0.05, 0) is 31.4 Å². The van der Waals surface area contributed by atoms with Gasteiger partial charge in [-0.2, -0.15) is 0 Å². The topological polar surface area (TPSA) is 15.3 Å². The predicted molar refractivity (Wildman–Crippen MR) is 73.9 cm³/mol. The number of hydrogen-bond donors (Lipinski definition) is 1. The molecule has 2 heteroatoms. The highest BCUT2D eigenvalue weighted by atomic mass is 15.2. The van der Waals surface area contributed by atoms with E-state index in [9.17, 15) is 0 Å². The molecule has 0 bridgehead atoms. The summed E-state index contributed by atoms with van der Waals surface area (Å²) in [6.07, 6.45) is 6.85. The Morgan fingerprint density at radius 1 is 1.18 bits per heavy atom. The van der Waals surface area contributed by atoms with Crippen LogP contribution >= 0.6 is 0 Å². The minimum atomic E-state index is 0.374. The van der Waals surface area contributed by atoms with Gasteiger partial charge < -0.3 is 10.2 Å². The summed E-state index contributed by atoms with van der Waals surface area (Å²) in [5.41, 5.74) is 4.46. The van der Waals surface area contributed by atoms with Crippen molar-refractivity contribution in [2.24, 2.45) is 0 Å². The molecule has 17 heavy (non-hydrogen) atoms. The van der Waals surface area contributed by atoms with E-state index in [0.717, 1.165) is 6.54 Å². The Morgan fingerprint density at radius 3 is 2.71 bits per heavy atom. The largest absolute Gasteiger partial charge is 0.381 e. The molecule has 1 N–H and O–H groups in total. The summed E-state index contributed by atoms with van der Waals surface area (Å²) in [6, 6.07) is 6.62. The number of fused-ring (bicyclic) bond motifs is 1. The minimum Gasteiger partial charge on any atom is -0.381 e. The zero-order valence-corrected chi connectivity index (χ0v) is 10.9. The average molecular weight is 230 g/mol. The zero-order chi connectivity index (χ0) is 11.9. The van der Waals surface area contributed by atoms with E-state index < -0.39 is 0 Å². The first kappa shape index (κ1) is 10.9. The molecule has 0 amide bonds. The highest BCUT2D eigenvalue weighted by Crippen LogP contribution is 2.43. The van der Waals surface area contributed by atoms with Crippen molar-refractivity contribution in [2.45, 2.75) is 44.6 Å². The molecule has 1 aromatic rings. The molecule has 1 aromatic carbocycles. The summed E-state index contributed by atoms with van der Waals surface area (Å²) >= 11 is 0. The molecule has 1 heterocycles. The third-order valence-electron chi connectivity index (χ3n) is 4.70. The van der Waals surface area contributed by atoms with E-state index >= 15 is 0 Å². The number of rotatable bonds is 0. The highest BCUT2D eigenvalue weighted by molar-refractivity contribution is 5.76. The first-order valence-corrected chi connectivity index (χ1v) is 6.80. The van der Waals surface area contributed by atoms with Gasteiger partial charge in [0, 0.05) is 13.6 Å². The fraction of sp³-hybridized carbons (Fsp3) is 0.600. The number of para-hydroxylation sites is 1. The van der Waals surface area contributed by atoms with Crippen LogP contribution in [0.25, 0.3) is 0 Å². The maximum Gasteiger partial charge on any atom is 0.0608 e. The zero-order valence-electron chi connectivity index (χ0n) is 10.9. The Kier molecular flexibility index (Phi) is 2.53. The molecule has 1 aliphatic carbocycles. The van der Waals surface area contributed by atoms with Crippen molar-refractivity contribution in [2.75, 3.05) is 23.8 Å². The first-order valence-electron chi connectivity index (χ1n) is 6.80. The van der Waals surface area contributed by atoms with Crippen molar-refractivity contribution >= 4 is 11.4 Å². The Bertz CT molecular complexity index is 419. The van der Waals surface area contributed by atoms with Crippen LogP contribution in [0, 0.1) is 6.92 Å². The number of nitrogens with zero attached hydrogens (tertiary/aromatic N) is 1. The molecule has 0 radical (unpaired) electrons. The van der Waals surface area contributed by atoms with Crippen molar-refractivity contribution in [3.8, 4) is 0 Å². The number of hydrogen-bond acceptors (Lipinski definition) is 2. The van der Waals surface area contributed by atoms with E-state index in [4.69, 9.17) is 0 Å². The van der Waals surface area contributed by atoms with E-state index in [-0.39, 0.29) is 0 Å². The predicted octanol–water partition coefficient (Wildman–Crippen LogP) is 3.56. The van der Waals surface area contributed by atoms with E-state index in [1.807, 2.05) is 0 Å². The highest BCUT2D eigenvalue weighted by Gasteiger charge is 2.39. The molecule has 1 spiro atoms. The maximum absolute atomic E-state index is 3.68. The monoisotopic (exact) mass is 230 g/mol. The summed E-state index contributed by atoms with van der Waals surface area (Å²) < 4.78 is 0. The van der Waals surface area contributed by atoms with Gasteiger partial charge in [-0.3, -0.25) is 0 Å². The maximum atomic E-state index is 3.68. The summed E-state index contributed by atoms with van der Waals surface area (Å²) in [5.74, 6) is 0. The summed E-state index contributed by atoms with van der Waals surface area (Å²) in [6.45, 7) is 3.31. The fourth-order valence-electron chi connectivity index (χ4n) is 3.51. The smallest absolute Gasteiger partial charge is 0.0608 e. The van der Waals surface area contributed by atoms with Crippen LogP contribution in [-0.4, -0.2) is 19.1 Å². The Labute approximate surface area is 104 Å². The SMILES string of the molecule is Cc1cccc2c1NCC1(CCCCC1)N2C. The fourth-order valence-corrected chi connectivity index (χ4v) is 3.51. The molecule has 1 fully saturated rings. The Hall–Kier alpha value is -1.18. The third kappa shape index (κ3) is 1.62. The van der Waals surface area contributed by atoms with Gasteiger partial charge in [-0.15, -0.1) is 0 Å². The van der Waals surface area contributed by atoms with Crippen molar-refractivity contribution in [3.05, 3.63) is 23.8 Å². The number of likely N-dealkylation sites (N-methyl/N-ethyl adjacent to an activating group) is 1. The van der Waals surface area contributed by atoms with Crippen LogP contribution in [0.1, 0.15) is 37.7 Å². The molecule has 0 saturated heterocycles. The summed E-state index contributed by atoms with van der Waals surface area (Å²) in [5, 5.41) is 3.68. The van der Waals surface area contributed by atoms with Crippen molar-refractivity contribution in [1.82, 2.24) is 0 Å². The van der Waals surface area contributed by atoms with Gasteiger partial charge in [0.15, 0.2) is 0 Å². The second-order valence-corrected chi connectivity index (χ2v) is 5.67. The standard InChI is InChI=1S/C15H22N2/c1-12-7-6-8-13-14(12)16-11-15(17(13)2)9-4-3-5-10-15/h6-8,16H,3-5,9-11H2,1-2H3. The Balaban J connectivity index is 2.00. The van der Waals surface area contributed by atoms with Gasteiger partial charge in [0.1, 0.15) is 0 Å². The van der Waals surface area contributed by atoms with Crippen molar-refractivity contribution in [1.29, 1.82) is 0 Å². The lowest BCUT2D eigenvalue weighted by Gasteiger charge is -2.50. The number of anilines is 2. The van der Waals surface area contributed by atoms with E-state index in [1.165, 1.54) is 49.0 Å². The van der Waals surface area contributed by atoms with Crippen molar-refractivity contribution < 1.29 is 0 Å².